The number of rotatable bonds is 2. The van der Waals surface area contributed by atoms with Crippen molar-refractivity contribution in [3.05, 3.63) is 23.4 Å². The summed E-state index contributed by atoms with van der Waals surface area (Å²) in [5.74, 6) is 1.24. The van der Waals surface area contributed by atoms with E-state index in [0.717, 1.165) is 11.3 Å². The van der Waals surface area contributed by atoms with Gasteiger partial charge in [-0.25, -0.2) is 4.98 Å². The van der Waals surface area contributed by atoms with Crippen molar-refractivity contribution in [2.75, 3.05) is 5.73 Å². The number of aromatic nitrogens is 1. The molecule has 13 heavy (non-hydrogen) atoms. The van der Waals surface area contributed by atoms with Crippen LogP contribution in [0.25, 0.3) is 0 Å². The first-order valence-electron chi connectivity index (χ1n) is 4.67. The fourth-order valence-electron chi connectivity index (χ4n) is 1.65. The maximum atomic E-state index is 6.07. The van der Waals surface area contributed by atoms with E-state index in [0.29, 0.717) is 11.7 Å². The van der Waals surface area contributed by atoms with Gasteiger partial charge in [0.1, 0.15) is 5.82 Å². The van der Waals surface area contributed by atoms with Crippen molar-refractivity contribution in [1.82, 2.24) is 4.98 Å². The molecule has 0 saturated heterocycles. The fourth-order valence-corrected chi connectivity index (χ4v) is 1.65. The van der Waals surface area contributed by atoms with Crippen LogP contribution in [-0.4, -0.2) is 4.98 Å². The van der Waals surface area contributed by atoms with Gasteiger partial charge in [-0.2, -0.15) is 0 Å². The Kier molecular flexibility index (Phi) is 1.96. The van der Waals surface area contributed by atoms with Gasteiger partial charge >= 0.3 is 0 Å². The van der Waals surface area contributed by atoms with Crippen LogP contribution in [0.4, 0.5) is 5.82 Å². The Morgan fingerprint density at radius 3 is 2.69 bits per heavy atom. The highest BCUT2D eigenvalue weighted by atomic mass is 14.8. The van der Waals surface area contributed by atoms with Crippen molar-refractivity contribution in [3.8, 4) is 0 Å². The molecule has 2 rings (SSSR count). The third-order valence-electron chi connectivity index (χ3n) is 2.64. The van der Waals surface area contributed by atoms with Gasteiger partial charge in [0, 0.05) is 11.7 Å². The zero-order chi connectivity index (χ0) is 9.42. The molecular formula is C10H15N3. The zero-order valence-corrected chi connectivity index (χ0v) is 7.83. The van der Waals surface area contributed by atoms with E-state index >= 15 is 0 Å². The normalized spacial score (nSPS) is 18.6. The van der Waals surface area contributed by atoms with Gasteiger partial charge in [-0.15, -0.1) is 0 Å². The lowest BCUT2D eigenvalue weighted by Crippen LogP contribution is -2.14. The number of pyridine rings is 1. The van der Waals surface area contributed by atoms with E-state index in [9.17, 15) is 0 Å². The second-order valence-electron chi connectivity index (χ2n) is 3.77. The molecule has 70 valence electrons. The lowest BCUT2D eigenvalue weighted by Gasteiger charge is -2.13. The van der Waals surface area contributed by atoms with Crippen LogP contribution in [0.15, 0.2) is 12.1 Å². The molecule has 1 unspecified atom stereocenters. The second-order valence-corrected chi connectivity index (χ2v) is 3.77. The van der Waals surface area contributed by atoms with Crippen molar-refractivity contribution < 1.29 is 0 Å². The highest BCUT2D eigenvalue weighted by molar-refractivity contribution is 5.35. The van der Waals surface area contributed by atoms with Gasteiger partial charge in [-0.05, 0) is 37.3 Å². The highest BCUT2D eigenvalue weighted by Gasteiger charge is 2.30. The summed E-state index contributed by atoms with van der Waals surface area (Å²) >= 11 is 0. The summed E-state index contributed by atoms with van der Waals surface area (Å²) in [5.41, 5.74) is 13.8. The zero-order valence-electron chi connectivity index (χ0n) is 7.83. The van der Waals surface area contributed by atoms with Crippen molar-refractivity contribution >= 4 is 5.82 Å². The molecule has 1 aliphatic rings. The van der Waals surface area contributed by atoms with Gasteiger partial charge < -0.3 is 11.5 Å². The van der Waals surface area contributed by atoms with Crippen LogP contribution in [0.1, 0.15) is 30.1 Å². The maximum Gasteiger partial charge on any atom is 0.123 e. The maximum absolute atomic E-state index is 6.07. The molecule has 0 bridgehead atoms. The topological polar surface area (TPSA) is 64.9 Å². The van der Waals surface area contributed by atoms with Crippen LogP contribution in [0, 0.1) is 12.8 Å². The number of nitrogen functional groups attached to an aromatic ring is 1. The van der Waals surface area contributed by atoms with E-state index in [1.807, 2.05) is 19.1 Å². The summed E-state index contributed by atoms with van der Waals surface area (Å²) in [7, 11) is 0. The molecule has 1 aromatic rings. The first kappa shape index (κ1) is 8.51. The Hall–Kier alpha value is -1.09. The number of hydrogen-bond acceptors (Lipinski definition) is 3. The smallest absolute Gasteiger partial charge is 0.123 e. The molecule has 0 aromatic carbocycles. The molecule has 3 nitrogen and oxygen atoms in total. The molecule has 1 atom stereocenters. The summed E-state index contributed by atoms with van der Waals surface area (Å²) in [6.45, 7) is 1.97. The molecule has 1 fully saturated rings. The van der Waals surface area contributed by atoms with E-state index in [4.69, 9.17) is 11.5 Å². The minimum absolute atomic E-state index is 0.160. The van der Waals surface area contributed by atoms with Gasteiger partial charge in [-0.1, -0.05) is 6.07 Å². The Balaban J connectivity index is 2.28. The fraction of sp³-hybridized carbons (Fsp3) is 0.500. The van der Waals surface area contributed by atoms with E-state index < -0.39 is 0 Å². The summed E-state index contributed by atoms with van der Waals surface area (Å²) in [5, 5.41) is 0. The molecule has 0 aliphatic heterocycles. The van der Waals surface area contributed by atoms with Gasteiger partial charge in [0.05, 0.1) is 0 Å². The third-order valence-corrected chi connectivity index (χ3v) is 2.64. The molecule has 1 aliphatic carbocycles. The summed E-state index contributed by atoms with van der Waals surface area (Å²) in [6.07, 6.45) is 2.51. The number of hydrogen-bond donors (Lipinski definition) is 2. The predicted octanol–water partition coefficient (Wildman–Crippen LogP) is 1.38. The van der Waals surface area contributed by atoms with Gasteiger partial charge in [0.25, 0.3) is 0 Å². The minimum Gasteiger partial charge on any atom is -0.384 e. The van der Waals surface area contributed by atoms with Crippen molar-refractivity contribution in [3.63, 3.8) is 0 Å². The van der Waals surface area contributed by atoms with Crippen LogP contribution < -0.4 is 11.5 Å². The Morgan fingerprint density at radius 1 is 1.46 bits per heavy atom. The molecule has 0 amide bonds. The number of aryl methyl sites for hydroxylation is 1. The largest absolute Gasteiger partial charge is 0.384 e. The van der Waals surface area contributed by atoms with Gasteiger partial charge in [0.15, 0.2) is 0 Å². The lowest BCUT2D eigenvalue weighted by atomic mass is 10.0. The first-order valence-corrected chi connectivity index (χ1v) is 4.67. The average molecular weight is 177 g/mol. The number of nitrogens with zero attached hydrogens (tertiary/aromatic N) is 1. The van der Waals surface area contributed by atoms with Crippen LogP contribution in [-0.2, 0) is 0 Å². The number of nitrogens with two attached hydrogens (primary N) is 2. The molecule has 0 spiro atoms. The highest BCUT2D eigenvalue weighted by Crippen LogP contribution is 2.39. The Labute approximate surface area is 78.1 Å². The van der Waals surface area contributed by atoms with Crippen LogP contribution in [0.5, 0.6) is 0 Å². The molecule has 1 aromatic heterocycles. The summed E-state index contributed by atoms with van der Waals surface area (Å²) < 4.78 is 0. The summed E-state index contributed by atoms with van der Waals surface area (Å²) in [4.78, 5) is 4.20. The van der Waals surface area contributed by atoms with Crippen LogP contribution in [0.2, 0.25) is 0 Å². The standard InChI is InChI=1S/C10H15N3/c1-6-8(4-5-9(11)13-6)10(12)7-2-3-7/h4-5,7,10H,2-3,12H2,1H3,(H2,11,13). The predicted molar refractivity (Wildman–Crippen MR) is 53.0 cm³/mol. The van der Waals surface area contributed by atoms with Crippen LogP contribution in [0.3, 0.4) is 0 Å². The van der Waals surface area contributed by atoms with Crippen LogP contribution >= 0.6 is 0 Å². The van der Waals surface area contributed by atoms with E-state index in [1.165, 1.54) is 12.8 Å². The average Bonchev–Trinajstić information content (AvgIpc) is 2.85. The first-order chi connectivity index (χ1) is 6.18. The summed E-state index contributed by atoms with van der Waals surface area (Å²) in [6, 6.07) is 3.98. The molecule has 4 N–H and O–H groups in total. The Morgan fingerprint density at radius 2 is 2.15 bits per heavy atom. The quantitative estimate of drug-likeness (QED) is 0.717. The van der Waals surface area contributed by atoms with Gasteiger partial charge in [-0.3, -0.25) is 0 Å². The molecule has 1 heterocycles. The molecular weight excluding hydrogens is 162 g/mol. The van der Waals surface area contributed by atoms with E-state index in [1.54, 1.807) is 0 Å². The molecule has 0 radical (unpaired) electrons. The van der Waals surface area contributed by atoms with Crippen molar-refractivity contribution in [1.29, 1.82) is 0 Å². The SMILES string of the molecule is Cc1nc(N)ccc1C(N)C1CC1. The van der Waals surface area contributed by atoms with Crippen molar-refractivity contribution in [2.24, 2.45) is 11.7 Å². The number of anilines is 1. The third kappa shape index (κ3) is 1.65. The van der Waals surface area contributed by atoms with E-state index in [2.05, 4.69) is 4.98 Å². The minimum atomic E-state index is 0.160. The van der Waals surface area contributed by atoms with Crippen molar-refractivity contribution in [2.45, 2.75) is 25.8 Å². The lowest BCUT2D eigenvalue weighted by molar-refractivity contribution is 0.626. The Bertz CT molecular complexity index is 318. The second kappa shape index (κ2) is 3.00. The monoisotopic (exact) mass is 177 g/mol. The van der Waals surface area contributed by atoms with Gasteiger partial charge in [0.2, 0.25) is 0 Å². The van der Waals surface area contributed by atoms with E-state index in [-0.39, 0.29) is 6.04 Å². The molecule has 3 heteroatoms. The molecule has 1 saturated carbocycles.